The Morgan fingerprint density at radius 1 is 1.20 bits per heavy atom. The van der Waals surface area contributed by atoms with Gasteiger partial charge in [-0.2, -0.15) is 5.10 Å². The van der Waals surface area contributed by atoms with Crippen LogP contribution >= 0.6 is 0 Å². The Morgan fingerprint density at radius 2 is 1.97 bits per heavy atom. The third-order valence-electron chi connectivity index (χ3n) is 6.10. The van der Waals surface area contributed by atoms with E-state index in [-0.39, 0.29) is 17.7 Å². The van der Waals surface area contributed by atoms with Gasteiger partial charge in [0.05, 0.1) is 0 Å². The molecule has 30 heavy (non-hydrogen) atoms. The molecule has 2 fully saturated rings. The molecule has 2 aliphatic rings. The lowest BCUT2D eigenvalue weighted by Gasteiger charge is -2.30. The molecule has 4 rings (SSSR count). The van der Waals surface area contributed by atoms with Gasteiger partial charge < -0.3 is 19.5 Å². The molecular formula is C22H31N5O3. The van der Waals surface area contributed by atoms with Gasteiger partial charge in [0.25, 0.3) is 5.91 Å². The molecule has 2 aromatic rings. The summed E-state index contributed by atoms with van der Waals surface area (Å²) in [5, 5.41) is 10.1. The molecule has 2 aliphatic heterocycles. The Hall–Kier alpha value is -2.61. The van der Waals surface area contributed by atoms with E-state index in [2.05, 4.69) is 20.4 Å². The number of H-pyrrole nitrogens is 1. The molecule has 2 N–H and O–H groups in total. The number of carbonyl (C=O) groups is 2. The van der Waals surface area contributed by atoms with Gasteiger partial charge in [-0.05, 0) is 70.8 Å². The maximum atomic E-state index is 12.8. The number of nitrogens with one attached hydrogen (secondary N) is 2. The average Bonchev–Trinajstić information content (AvgIpc) is 3.52. The molecule has 0 aromatic carbocycles. The molecular weight excluding hydrogens is 382 g/mol. The van der Waals surface area contributed by atoms with Crippen molar-refractivity contribution in [1.82, 2.24) is 25.3 Å². The maximum absolute atomic E-state index is 12.8. The zero-order valence-corrected chi connectivity index (χ0v) is 17.7. The topological polar surface area (TPSA) is 94.5 Å². The Balaban J connectivity index is 1.20. The molecule has 0 saturated carbocycles. The molecule has 162 valence electrons. The minimum absolute atomic E-state index is 0.0123. The van der Waals surface area contributed by atoms with E-state index in [1.807, 2.05) is 19.1 Å². The number of carbonyl (C=O) groups excluding carboxylic acids is 2. The van der Waals surface area contributed by atoms with Crippen molar-refractivity contribution in [3.05, 3.63) is 29.7 Å². The van der Waals surface area contributed by atoms with E-state index in [4.69, 9.17) is 4.42 Å². The van der Waals surface area contributed by atoms with E-state index in [0.717, 1.165) is 25.3 Å². The molecule has 4 heterocycles. The number of hydrogen-bond donors (Lipinski definition) is 2. The SMILES string of the molecule is Cc1ccc(-c2cc(C(=O)N3CCC(C(=O)NCCCN4CCCC4)CC3)n[nH]2)o1. The highest BCUT2D eigenvalue weighted by atomic mass is 16.3. The van der Waals surface area contributed by atoms with E-state index < -0.39 is 0 Å². The smallest absolute Gasteiger partial charge is 0.274 e. The number of rotatable bonds is 7. The predicted octanol–water partition coefficient (Wildman–Crippen LogP) is 2.43. The molecule has 2 saturated heterocycles. The van der Waals surface area contributed by atoms with Gasteiger partial charge in [0, 0.05) is 31.6 Å². The Morgan fingerprint density at radius 3 is 2.67 bits per heavy atom. The summed E-state index contributed by atoms with van der Waals surface area (Å²) in [6.45, 7) is 7.21. The highest BCUT2D eigenvalue weighted by Crippen LogP contribution is 2.23. The third kappa shape index (κ3) is 4.92. The number of likely N-dealkylation sites (tertiary alicyclic amines) is 2. The summed E-state index contributed by atoms with van der Waals surface area (Å²) in [6.07, 6.45) is 4.98. The number of hydrogen-bond acceptors (Lipinski definition) is 5. The molecule has 2 aromatic heterocycles. The van der Waals surface area contributed by atoms with Gasteiger partial charge in [-0.25, -0.2) is 0 Å². The predicted molar refractivity (Wildman–Crippen MR) is 113 cm³/mol. The lowest BCUT2D eigenvalue weighted by atomic mass is 9.95. The van der Waals surface area contributed by atoms with Gasteiger partial charge >= 0.3 is 0 Å². The van der Waals surface area contributed by atoms with E-state index in [1.165, 1.54) is 25.9 Å². The van der Waals surface area contributed by atoms with Crippen LogP contribution in [0.5, 0.6) is 0 Å². The first kappa shape index (κ1) is 20.7. The van der Waals surface area contributed by atoms with Crippen LogP contribution in [0.2, 0.25) is 0 Å². The standard InChI is InChI=1S/C22H31N5O3/c1-16-5-6-20(30-16)18-15-19(25-24-18)22(29)27-13-7-17(8-14-27)21(28)23-9-4-12-26-10-2-3-11-26/h5-6,15,17H,2-4,7-14H2,1H3,(H,23,28)(H,24,25). The van der Waals surface area contributed by atoms with Crippen LogP contribution < -0.4 is 5.32 Å². The van der Waals surface area contributed by atoms with E-state index in [9.17, 15) is 9.59 Å². The van der Waals surface area contributed by atoms with E-state index >= 15 is 0 Å². The monoisotopic (exact) mass is 413 g/mol. The Bertz CT molecular complexity index is 860. The van der Waals surface area contributed by atoms with Crippen molar-refractivity contribution in [2.24, 2.45) is 5.92 Å². The molecule has 0 spiro atoms. The minimum Gasteiger partial charge on any atom is -0.460 e. The van der Waals surface area contributed by atoms with Gasteiger partial charge in [0.15, 0.2) is 11.5 Å². The highest BCUT2D eigenvalue weighted by Gasteiger charge is 2.28. The number of piperidine rings is 1. The van der Waals surface area contributed by atoms with Crippen LogP contribution in [0.4, 0.5) is 0 Å². The summed E-state index contributed by atoms with van der Waals surface area (Å²) in [5.74, 6) is 1.48. The van der Waals surface area contributed by atoms with Crippen LogP contribution in [-0.4, -0.2) is 71.1 Å². The number of nitrogens with zero attached hydrogens (tertiary/aromatic N) is 3. The second-order valence-corrected chi connectivity index (χ2v) is 8.34. The fraction of sp³-hybridized carbons (Fsp3) is 0.591. The van der Waals surface area contributed by atoms with Gasteiger partial charge in [0.2, 0.25) is 5.91 Å². The van der Waals surface area contributed by atoms with Crippen molar-refractivity contribution in [3.63, 3.8) is 0 Å². The number of aryl methyl sites for hydroxylation is 1. The summed E-state index contributed by atoms with van der Waals surface area (Å²) in [6, 6.07) is 5.45. The molecule has 0 aliphatic carbocycles. The molecule has 0 bridgehead atoms. The molecule has 2 amide bonds. The molecule has 8 nitrogen and oxygen atoms in total. The first-order chi connectivity index (χ1) is 14.6. The maximum Gasteiger partial charge on any atom is 0.274 e. The van der Waals surface area contributed by atoms with Crippen molar-refractivity contribution in [1.29, 1.82) is 0 Å². The molecule has 0 radical (unpaired) electrons. The lowest BCUT2D eigenvalue weighted by molar-refractivity contribution is -0.126. The molecule has 8 heteroatoms. The van der Waals surface area contributed by atoms with Crippen LogP contribution in [-0.2, 0) is 4.79 Å². The van der Waals surface area contributed by atoms with Crippen LogP contribution in [0.15, 0.2) is 22.6 Å². The van der Waals surface area contributed by atoms with Gasteiger partial charge in [-0.3, -0.25) is 14.7 Å². The minimum atomic E-state index is -0.106. The second-order valence-electron chi connectivity index (χ2n) is 8.34. The Labute approximate surface area is 177 Å². The molecule has 0 atom stereocenters. The van der Waals surface area contributed by atoms with Crippen molar-refractivity contribution >= 4 is 11.8 Å². The van der Waals surface area contributed by atoms with Crippen LogP contribution in [0, 0.1) is 12.8 Å². The number of furan rings is 1. The molecule has 0 unspecified atom stereocenters. The van der Waals surface area contributed by atoms with Crippen LogP contribution in [0.3, 0.4) is 0 Å². The summed E-state index contributed by atoms with van der Waals surface area (Å²) in [4.78, 5) is 29.5. The van der Waals surface area contributed by atoms with Gasteiger partial charge in [-0.1, -0.05) is 0 Å². The zero-order valence-electron chi connectivity index (χ0n) is 17.7. The summed E-state index contributed by atoms with van der Waals surface area (Å²) in [7, 11) is 0. The number of amides is 2. The summed E-state index contributed by atoms with van der Waals surface area (Å²) < 4.78 is 5.57. The van der Waals surface area contributed by atoms with Crippen molar-refractivity contribution in [2.45, 2.75) is 39.0 Å². The van der Waals surface area contributed by atoms with Gasteiger partial charge in [-0.15, -0.1) is 0 Å². The Kier molecular flexibility index (Phi) is 6.52. The highest BCUT2D eigenvalue weighted by molar-refractivity contribution is 5.93. The van der Waals surface area contributed by atoms with Crippen molar-refractivity contribution < 1.29 is 14.0 Å². The number of aromatic amines is 1. The fourth-order valence-corrected chi connectivity index (χ4v) is 4.31. The quantitative estimate of drug-likeness (QED) is 0.680. The normalized spacial score (nSPS) is 18.1. The average molecular weight is 414 g/mol. The second kappa shape index (κ2) is 9.47. The van der Waals surface area contributed by atoms with Crippen LogP contribution in [0.1, 0.15) is 48.4 Å². The summed E-state index contributed by atoms with van der Waals surface area (Å²) >= 11 is 0. The summed E-state index contributed by atoms with van der Waals surface area (Å²) in [5.41, 5.74) is 1.07. The third-order valence-corrected chi connectivity index (χ3v) is 6.10. The van der Waals surface area contributed by atoms with Crippen molar-refractivity contribution in [3.8, 4) is 11.5 Å². The van der Waals surface area contributed by atoms with Crippen molar-refractivity contribution in [2.75, 3.05) is 39.3 Å². The largest absolute Gasteiger partial charge is 0.460 e. The number of aromatic nitrogens is 2. The first-order valence-electron chi connectivity index (χ1n) is 11.0. The fourth-order valence-electron chi connectivity index (χ4n) is 4.31. The van der Waals surface area contributed by atoms with E-state index in [1.54, 1.807) is 11.0 Å². The lowest BCUT2D eigenvalue weighted by Crippen LogP contribution is -2.43. The van der Waals surface area contributed by atoms with Gasteiger partial charge in [0.1, 0.15) is 11.5 Å². The van der Waals surface area contributed by atoms with Crippen LogP contribution in [0.25, 0.3) is 11.5 Å². The first-order valence-corrected chi connectivity index (χ1v) is 11.0. The zero-order chi connectivity index (χ0) is 20.9. The van der Waals surface area contributed by atoms with E-state index in [0.29, 0.717) is 43.1 Å².